The lowest BCUT2D eigenvalue weighted by molar-refractivity contribution is 1.35. The molecule has 0 aliphatic carbocycles. The van der Waals surface area contributed by atoms with E-state index in [0.717, 1.165) is 17.2 Å². The quantitative estimate of drug-likeness (QED) is 0.488. The van der Waals surface area contributed by atoms with Crippen molar-refractivity contribution >= 4 is 29.2 Å². The van der Waals surface area contributed by atoms with Gasteiger partial charge in [0.1, 0.15) is 0 Å². The molecule has 0 amide bonds. The molecule has 0 aliphatic heterocycles. The van der Waals surface area contributed by atoms with Gasteiger partial charge in [-0.2, -0.15) is 0 Å². The number of hydrogen-bond acceptors (Lipinski definition) is 3. The van der Waals surface area contributed by atoms with E-state index in [2.05, 4.69) is 50.2 Å². The van der Waals surface area contributed by atoms with E-state index in [4.69, 9.17) is 5.73 Å². The molecule has 2 N–H and O–H groups in total. The van der Waals surface area contributed by atoms with E-state index < -0.39 is 0 Å². The zero-order chi connectivity index (χ0) is 13.7. The van der Waals surface area contributed by atoms with Crippen LogP contribution in [-0.2, 0) is 0 Å². The molecule has 0 saturated heterocycles. The number of hydrogen-bond donors (Lipinski definition) is 1. The first-order chi connectivity index (χ1) is 9.15. The molecule has 0 atom stereocenters. The Morgan fingerprint density at radius 1 is 0.842 bits per heavy atom. The third-order valence-corrected chi connectivity index (χ3v) is 5.14. The molecule has 2 aromatic carbocycles. The molecule has 2 rings (SSSR count). The minimum Gasteiger partial charge on any atom is -0.398 e. The van der Waals surface area contributed by atoms with Crippen molar-refractivity contribution in [2.24, 2.45) is 0 Å². The van der Waals surface area contributed by atoms with Crippen molar-refractivity contribution < 1.29 is 0 Å². The Kier molecular flexibility index (Phi) is 5.23. The molecule has 0 fully saturated rings. The number of rotatable bonds is 5. The lowest BCUT2D eigenvalue weighted by Gasteiger charge is -2.06. The average Bonchev–Trinajstić information content (AvgIpc) is 2.40. The molecule has 19 heavy (non-hydrogen) atoms. The molecule has 0 aromatic heterocycles. The molecular weight excluding hydrogens is 270 g/mol. The summed E-state index contributed by atoms with van der Waals surface area (Å²) in [5.41, 5.74) is 9.43. The van der Waals surface area contributed by atoms with Crippen LogP contribution in [0.1, 0.15) is 11.1 Å². The fourth-order valence-corrected chi connectivity index (χ4v) is 3.67. The van der Waals surface area contributed by atoms with Crippen molar-refractivity contribution in [3.05, 3.63) is 53.6 Å². The molecule has 0 aliphatic rings. The van der Waals surface area contributed by atoms with Gasteiger partial charge in [0.15, 0.2) is 0 Å². The van der Waals surface area contributed by atoms with Crippen LogP contribution in [0.4, 0.5) is 5.69 Å². The predicted molar refractivity (Wildman–Crippen MR) is 88.2 cm³/mol. The van der Waals surface area contributed by atoms with Crippen molar-refractivity contribution in [1.29, 1.82) is 0 Å². The van der Waals surface area contributed by atoms with E-state index in [0.29, 0.717) is 0 Å². The van der Waals surface area contributed by atoms with Gasteiger partial charge in [-0.15, -0.1) is 23.5 Å². The van der Waals surface area contributed by atoms with E-state index in [-0.39, 0.29) is 0 Å². The van der Waals surface area contributed by atoms with Gasteiger partial charge in [-0.1, -0.05) is 23.8 Å². The molecule has 0 unspecified atom stereocenters. The first kappa shape index (κ1) is 14.4. The highest BCUT2D eigenvalue weighted by molar-refractivity contribution is 8.03. The summed E-state index contributed by atoms with van der Waals surface area (Å²) in [5.74, 6) is 2.17. The van der Waals surface area contributed by atoms with Crippen LogP contribution in [0, 0.1) is 13.8 Å². The van der Waals surface area contributed by atoms with Gasteiger partial charge in [0, 0.05) is 27.0 Å². The van der Waals surface area contributed by atoms with Crippen LogP contribution >= 0.6 is 23.5 Å². The number of thioether (sulfide) groups is 2. The number of nitrogen functional groups attached to an aromatic ring is 1. The molecule has 0 radical (unpaired) electrons. The second-order valence-corrected chi connectivity index (χ2v) is 6.86. The molecule has 0 heterocycles. The van der Waals surface area contributed by atoms with Crippen molar-refractivity contribution in [2.75, 3.05) is 17.2 Å². The van der Waals surface area contributed by atoms with Crippen molar-refractivity contribution in [1.82, 2.24) is 0 Å². The summed E-state index contributed by atoms with van der Waals surface area (Å²) in [6, 6.07) is 14.9. The minimum absolute atomic E-state index is 0.885. The Bertz CT molecular complexity index is 535. The van der Waals surface area contributed by atoms with Crippen molar-refractivity contribution in [2.45, 2.75) is 23.6 Å². The summed E-state index contributed by atoms with van der Waals surface area (Å²) >= 11 is 3.73. The largest absolute Gasteiger partial charge is 0.398 e. The van der Waals surface area contributed by atoms with E-state index >= 15 is 0 Å². The fraction of sp³-hybridized carbons (Fsp3) is 0.250. The van der Waals surface area contributed by atoms with Gasteiger partial charge in [0.2, 0.25) is 0 Å². The lowest BCUT2D eigenvalue weighted by Crippen LogP contribution is -1.91. The predicted octanol–water partition coefficient (Wildman–Crippen LogP) is 4.77. The SMILES string of the molecule is Cc1ccc(SCCSc2cc(C)ccc2N)cc1. The second kappa shape index (κ2) is 6.92. The van der Waals surface area contributed by atoms with Gasteiger partial charge in [-0.05, 0) is 43.7 Å². The van der Waals surface area contributed by atoms with Crippen LogP contribution < -0.4 is 5.73 Å². The van der Waals surface area contributed by atoms with E-state index in [1.807, 2.05) is 29.6 Å². The summed E-state index contributed by atoms with van der Waals surface area (Å²) in [6.45, 7) is 4.22. The number of nitrogens with two attached hydrogens (primary N) is 1. The van der Waals surface area contributed by atoms with E-state index in [1.54, 1.807) is 0 Å². The van der Waals surface area contributed by atoms with Crippen LogP contribution in [-0.4, -0.2) is 11.5 Å². The van der Waals surface area contributed by atoms with Crippen LogP contribution in [0.25, 0.3) is 0 Å². The standard InChI is InChI=1S/C16H19NS2/c1-12-3-6-14(7-4-12)18-9-10-19-16-11-13(2)5-8-15(16)17/h3-8,11H,9-10,17H2,1-2H3. The van der Waals surface area contributed by atoms with Crippen LogP contribution in [0.5, 0.6) is 0 Å². The zero-order valence-electron chi connectivity index (χ0n) is 11.3. The Morgan fingerprint density at radius 2 is 1.47 bits per heavy atom. The van der Waals surface area contributed by atoms with E-state index in [1.165, 1.54) is 20.9 Å². The van der Waals surface area contributed by atoms with Gasteiger partial charge in [0.05, 0.1) is 0 Å². The van der Waals surface area contributed by atoms with Gasteiger partial charge < -0.3 is 5.73 Å². The van der Waals surface area contributed by atoms with Crippen LogP contribution in [0.15, 0.2) is 52.3 Å². The Labute approximate surface area is 124 Å². The second-order valence-electron chi connectivity index (χ2n) is 4.55. The zero-order valence-corrected chi connectivity index (χ0v) is 13.0. The molecular formula is C16H19NS2. The number of aryl methyl sites for hydroxylation is 2. The van der Waals surface area contributed by atoms with Crippen LogP contribution in [0.3, 0.4) is 0 Å². The highest BCUT2D eigenvalue weighted by atomic mass is 32.2. The van der Waals surface area contributed by atoms with Gasteiger partial charge in [-0.3, -0.25) is 0 Å². The summed E-state index contributed by atoms with van der Waals surface area (Å²) in [6.07, 6.45) is 0. The summed E-state index contributed by atoms with van der Waals surface area (Å²) in [5, 5.41) is 0. The molecule has 3 heteroatoms. The molecule has 100 valence electrons. The maximum absolute atomic E-state index is 5.97. The van der Waals surface area contributed by atoms with Gasteiger partial charge in [-0.25, -0.2) is 0 Å². The molecule has 1 nitrogen and oxygen atoms in total. The minimum atomic E-state index is 0.885. The third kappa shape index (κ3) is 4.51. The summed E-state index contributed by atoms with van der Waals surface area (Å²) < 4.78 is 0. The Balaban J connectivity index is 1.80. The normalized spacial score (nSPS) is 10.6. The molecule has 0 saturated carbocycles. The lowest BCUT2D eigenvalue weighted by atomic mass is 10.2. The summed E-state index contributed by atoms with van der Waals surface area (Å²) in [7, 11) is 0. The maximum Gasteiger partial charge on any atom is 0.0452 e. The van der Waals surface area contributed by atoms with Crippen molar-refractivity contribution in [3.8, 4) is 0 Å². The van der Waals surface area contributed by atoms with Gasteiger partial charge >= 0.3 is 0 Å². The Morgan fingerprint density at radius 3 is 2.21 bits per heavy atom. The molecule has 0 bridgehead atoms. The molecule has 2 aromatic rings. The maximum atomic E-state index is 5.97. The van der Waals surface area contributed by atoms with E-state index in [9.17, 15) is 0 Å². The highest BCUT2D eigenvalue weighted by Gasteiger charge is 2.01. The van der Waals surface area contributed by atoms with Crippen LogP contribution in [0.2, 0.25) is 0 Å². The Hall–Kier alpha value is -1.06. The number of anilines is 1. The van der Waals surface area contributed by atoms with Gasteiger partial charge in [0.25, 0.3) is 0 Å². The first-order valence-electron chi connectivity index (χ1n) is 6.33. The topological polar surface area (TPSA) is 26.0 Å². The third-order valence-electron chi connectivity index (χ3n) is 2.80. The average molecular weight is 289 g/mol. The monoisotopic (exact) mass is 289 g/mol. The molecule has 0 spiro atoms. The highest BCUT2D eigenvalue weighted by Crippen LogP contribution is 2.28. The smallest absolute Gasteiger partial charge is 0.0452 e. The number of benzene rings is 2. The first-order valence-corrected chi connectivity index (χ1v) is 8.30. The van der Waals surface area contributed by atoms with Crippen molar-refractivity contribution in [3.63, 3.8) is 0 Å². The fourth-order valence-electron chi connectivity index (χ4n) is 1.71. The summed E-state index contributed by atoms with van der Waals surface area (Å²) in [4.78, 5) is 2.54.